The first-order valence-electron chi connectivity index (χ1n) is 9.26. The van der Waals surface area contributed by atoms with Crippen LogP contribution >= 0.6 is 0 Å². The molecule has 5 nitrogen and oxygen atoms in total. The van der Waals surface area contributed by atoms with Crippen molar-refractivity contribution in [2.75, 3.05) is 26.7 Å². The SMILES string of the molecule is CO[Si](C)(C)COc1ccc(C(=O)c2ccc(OC[Si](C)(C)OC)cc2)cc1. The maximum Gasteiger partial charge on any atom is 0.224 e. The fraction of sp³-hybridized carbons (Fsp3) is 0.381. The van der Waals surface area contributed by atoms with Crippen molar-refractivity contribution in [1.29, 1.82) is 0 Å². The van der Waals surface area contributed by atoms with Crippen molar-refractivity contribution in [1.82, 2.24) is 0 Å². The lowest BCUT2D eigenvalue weighted by Crippen LogP contribution is -2.37. The van der Waals surface area contributed by atoms with E-state index in [0.29, 0.717) is 23.6 Å². The zero-order valence-corrected chi connectivity index (χ0v) is 19.6. The Morgan fingerprint density at radius 1 is 0.679 bits per heavy atom. The number of hydrogen-bond acceptors (Lipinski definition) is 5. The molecule has 2 aromatic rings. The number of benzene rings is 2. The standard InChI is InChI=1S/C21H30O5Si2/c1-23-27(3,4)15-25-19-11-7-17(8-12-19)21(22)18-9-13-20(14-10-18)26-16-28(5,6)24-2/h7-14H,15-16H2,1-6H3. The lowest BCUT2D eigenvalue weighted by atomic mass is 10.0. The predicted octanol–water partition coefficient (Wildman–Crippen LogP) is 4.46. The van der Waals surface area contributed by atoms with Crippen LogP contribution in [0, 0.1) is 0 Å². The Kier molecular flexibility index (Phi) is 7.59. The van der Waals surface area contributed by atoms with Crippen LogP contribution in [0.1, 0.15) is 15.9 Å². The van der Waals surface area contributed by atoms with Gasteiger partial charge in [-0.1, -0.05) is 0 Å². The molecule has 0 bridgehead atoms. The molecule has 0 N–H and O–H groups in total. The summed E-state index contributed by atoms with van der Waals surface area (Å²) >= 11 is 0. The van der Waals surface area contributed by atoms with E-state index in [1.54, 1.807) is 38.5 Å². The van der Waals surface area contributed by atoms with E-state index in [1.807, 2.05) is 24.3 Å². The normalized spacial score (nSPS) is 11.9. The molecule has 2 aromatic carbocycles. The highest BCUT2D eigenvalue weighted by Crippen LogP contribution is 2.19. The number of ketones is 1. The summed E-state index contributed by atoms with van der Waals surface area (Å²) in [6.45, 7) is 8.38. The number of ether oxygens (including phenoxy) is 2. The van der Waals surface area contributed by atoms with Crippen LogP contribution in [-0.4, -0.2) is 49.1 Å². The van der Waals surface area contributed by atoms with E-state index < -0.39 is 16.6 Å². The van der Waals surface area contributed by atoms with Gasteiger partial charge in [0, 0.05) is 25.3 Å². The van der Waals surface area contributed by atoms with Crippen molar-refractivity contribution in [2.24, 2.45) is 0 Å². The number of carbonyl (C=O) groups is 1. The molecule has 0 saturated carbocycles. The highest BCUT2D eigenvalue weighted by molar-refractivity contribution is 6.71. The molecule has 0 fully saturated rings. The molecule has 0 saturated heterocycles. The van der Waals surface area contributed by atoms with Gasteiger partial charge < -0.3 is 18.3 Å². The Hall–Kier alpha value is -1.94. The summed E-state index contributed by atoms with van der Waals surface area (Å²) in [4.78, 5) is 12.7. The molecule has 0 spiro atoms. The first-order valence-corrected chi connectivity index (χ1v) is 15.5. The molecule has 0 unspecified atom stereocenters. The average molecular weight is 419 g/mol. The maximum absolute atomic E-state index is 12.7. The van der Waals surface area contributed by atoms with Crippen LogP contribution in [0.25, 0.3) is 0 Å². The van der Waals surface area contributed by atoms with Gasteiger partial charge in [-0.2, -0.15) is 0 Å². The Morgan fingerprint density at radius 3 is 1.29 bits per heavy atom. The smallest absolute Gasteiger partial charge is 0.224 e. The molecule has 0 heterocycles. The van der Waals surface area contributed by atoms with Gasteiger partial charge in [0.25, 0.3) is 0 Å². The fourth-order valence-corrected chi connectivity index (χ4v) is 3.47. The molecule has 0 aromatic heterocycles. The molecule has 0 amide bonds. The van der Waals surface area contributed by atoms with Crippen LogP contribution in [0.5, 0.6) is 11.5 Å². The Bertz CT molecular complexity index is 705. The summed E-state index contributed by atoms with van der Waals surface area (Å²) < 4.78 is 22.5. The third kappa shape index (κ3) is 6.59. The van der Waals surface area contributed by atoms with Gasteiger partial charge in [0.15, 0.2) is 5.78 Å². The largest absolute Gasteiger partial charge is 0.494 e. The van der Waals surface area contributed by atoms with Crippen molar-refractivity contribution in [3.8, 4) is 11.5 Å². The highest BCUT2D eigenvalue weighted by Gasteiger charge is 2.22. The van der Waals surface area contributed by atoms with Gasteiger partial charge in [-0.15, -0.1) is 0 Å². The molecular weight excluding hydrogens is 388 g/mol. The zero-order chi connectivity index (χ0) is 20.8. The van der Waals surface area contributed by atoms with Crippen molar-refractivity contribution < 1.29 is 23.1 Å². The van der Waals surface area contributed by atoms with Gasteiger partial charge >= 0.3 is 0 Å². The lowest BCUT2D eigenvalue weighted by Gasteiger charge is -2.20. The minimum Gasteiger partial charge on any atom is -0.494 e. The Morgan fingerprint density at radius 2 is 1.00 bits per heavy atom. The quantitative estimate of drug-likeness (QED) is 0.421. The van der Waals surface area contributed by atoms with Crippen LogP contribution in [0.4, 0.5) is 0 Å². The molecule has 0 aliphatic carbocycles. The third-order valence-corrected chi connectivity index (χ3v) is 8.40. The number of rotatable bonds is 10. The van der Waals surface area contributed by atoms with Crippen molar-refractivity contribution in [3.63, 3.8) is 0 Å². The van der Waals surface area contributed by atoms with Crippen LogP contribution in [0.2, 0.25) is 26.2 Å². The van der Waals surface area contributed by atoms with Crippen molar-refractivity contribution in [3.05, 3.63) is 59.7 Å². The van der Waals surface area contributed by atoms with Crippen LogP contribution in [0.3, 0.4) is 0 Å². The molecule has 28 heavy (non-hydrogen) atoms. The van der Waals surface area contributed by atoms with Crippen molar-refractivity contribution in [2.45, 2.75) is 26.2 Å². The summed E-state index contributed by atoms with van der Waals surface area (Å²) in [7, 11) is -0.130. The zero-order valence-electron chi connectivity index (χ0n) is 17.6. The average Bonchev–Trinajstić information content (AvgIpc) is 2.71. The first kappa shape index (κ1) is 22.4. The number of carbonyl (C=O) groups excluding carboxylic acids is 1. The second-order valence-electron chi connectivity index (χ2n) is 7.88. The molecular formula is C21H30O5Si2. The Labute approximate surface area is 169 Å². The summed E-state index contributed by atoms with van der Waals surface area (Å²) in [6, 6.07) is 14.4. The monoisotopic (exact) mass is 418 g/mol. The van der Waals surface area contributed by atoms with E-state index in [2.05, 4.69) is 26.2 Å². The summed E-state index contributed by atoms with van der Waals surface area (Å²) in [5.41, 5.74) is 1.24. The van der Waals surface area contributed by atoms with E-state index in [4.69, 9.17) is 18.3 Å². The van der Waals surface area contributed by atoms with E-state index in [9.17, 15) is 4.79 Å². The molecule has 7 heteroatoms. The highest BCUT2D eigenvalue weighted by atomic mass is 28.4. The van der Waals surface area contributed by atoms with Gasteiger partial charge in [-0.25, -0.2) is 0 Å². The van der Waals surface area contributed by atoms with E-state index in [-0.39, 0.29) is 5.78 Å². The molecule has 0 aliphatic rings. The maximum atomic E-state index is 12.7. The van der Waals surface area contributed by atoms with Crippen LogP contribution < -0.4 is 9.47 Å². The molecule has 152 valence electrons. The fourth-order valence-electron chi connectivity index (χ4n) is 2.20. The van der Waals surface area contributed by atoms with Crippen molar-refractivity contribution >= 4 is 22.4 Å². The molecule has 0 aliphatic heterocycles. The van der Waals surface area contributed by atoms with Crippen LogP contribution in [0.15, 0.2) is 48.5 Å². The topological polar surface area (TPSA) is 54.0 Å². The third-order valence-electron chi connectivity index (χ3n) is 4.51. The van der Waals surface area contributed by atoms with Gasteiger partial charge in [0.2, 0.25) is 16.6 Å². The minimum absolute atomic E-state index is 0.0312. The summed E-state index contributed by atoms with van der Waals surface area (Å²) in [5.74, 6) is 1.45. The second kappa shape index (κ2) is 9.51. The molecule has 0 radical (unpaired) electrons. The second-order valence-corrected chi connectivity index (χ2v) is 16.3. The van der Waals surface area contributed by atoms with Gasteiger partial charge in [0.1, 0.15) is 24.0 Å². The summed E-state index contributed by atoms with van der Waals surface area (Å²) in [6.07, 6.45) is 1.14. The predicted molar refractivity (Wildman–Crippen MR) is 116 cm³/mol. The minimum atomic E-state index is -1.78. The Balaban J connectivity index is 1.98. The van der Waals surface area contributed by atoms with Gasteiger partial charge in [0.05, 0.1) is 0 Å². The van der Waals surface area contributed by atoms with E-state index >= 15 is 0 Å². The molecule has 2 rings (SSSR count). The number of hydrogen-bond donors (Lipinski definition) is 0. The van der Waals surface area contributed by atoms with Gasteiger partial charge in [-0.3, -0.25) is 4.79 Å². The van der Waals surface area contributed by atoms with E-state index in [0.717, 1.165) is 11.5 Å². The summed E-state index contributed by atoms with van der Waals surface area (Å²) in [5, 5.41) is 0. The lowest BCUT2D eigenvalue weighted by molar-refractivity contribution is 0.103. The first-order chi connectivity index (χ1) is 13.2. The molecule has 0 atom stereocenters. The van der Waals surface area contributed by atoms with Gasteiger partial charge in [-0.05, 0) is 74.7 Å². The van der Waals surface area contributed by atoms with E-state index in [1.165, 1.54) is 0 Å². The van der Waals surface area contributed by atoms with Crippen LogP contribution in [-0.2, 0) is 8.85 Å².